The van der Waals surface area contributed by atoms with Gasteiger partial charge in [0.25, 0.3) is 5.95 Å². The van der Waals surface area contributed by atoms with Gasteiger partial charge in [0.05, 0.1) is 0 Å². The van der Waals surface area contributed by atoms with E-state index in [1.807, 2.05) is 0 Å². The van der Waals surface area contributed by atoms with E-state index >= 15 is 0 Å². The van der Waals surface area contributed by atoms with Crippen LogP contribution >= 0.6 is 11.8 Å². The van der Waals surface area contributed by atoms with E-state index in [4.69, 9.17) is 5.73 Å². The van der Waals surface area contributed by atoms with Gasteiger partial charge in [0.1, 0.15) is 0 Å². The van der Waals surface area contributed by atoms with Crippen LogP contribution in [0, 0.1) is 5.92 Å². The molecule has 0 aliphatic carbocycles. The maximum Gasteiger partial charge on any atom is 0.253 e. The van der Waals surface area contributed by atoms with Gasteiger partial charge in [0, 0.05) is 32.7 Å². The maximum absolute atomic E-state index is 11.9. The van der Waals surface area contributed by atoms with Crippen molar-refractivity contribution in [2.45, 2.75) is 13.3 Å². The first-order valence-corrected chi connectivity index (χ1v) is 6.56. The van der Waals surface area contributed by atoms with Crippen molar-refractivity contribution in [2.24, 2.45) is 13.0 Å². The normalized spacial score (nSPS) is 19.6. The SMILES string of the molecule is CC(=O)SCC1CC(=O)N(c2nc(N)n(C)n2)C1. The summed E-state index contributed by atoms with van der Waals surface area (Å²) >= 11 is 1.25. The number of aryl methyl sites for hydroxylation is 1. The number of carbonyl (C=O) groups is 2. The lowest BCUT2D eigenvalue weighted by atomic mass is 10.1. The first-order chi connectivity index (χ1) is 8.47. The molecule has 7 nitrogen and oxygen atoms in total. The molecule has 0 radical (unpaired) electrons. The largest absolute Gasteiger partial charge is 0.368 e. The summed E-state index contributed by atoms with van der Waals surface area (Å²) in [6.45, 7) is 2.07. The van der Waals surface area contributed by atoms with Gasteiger partial charge < -0.3 is 5.73 Å². The Labute approximate surface area is 109 Å². The third-order valence-electron chi connectivity index (χ3n) is 2.75. The molecule has 0 saturated carbocycles. The minimum Gasteiger partial charge on any atom is -0.368 e. The molecule has 8 heteroatoms. The minimum atomic E-state index is -0.0187. The lowest BCUT2D eigenvalue weighted by Gasteiger charge is -2.11. The summed E-state index contributed by atoms with van der Waals surface area (Å²) in [5, 5.41) is 4.15. The van der Waals surface area contributed by atoms with E-state index < -0.39 is 0 Å². The summed E-state index contributed by atoms with van der Waals surface area (Å²) in [6.07, 6.45) is 0.429. The number of nitrogen functional groups attached to an aromatic ring is 1. The Balaban J connectivity index is 2.03. The van der Waals surface area contributed by atoms with Crippen molar-refractivity contribution in [2.75, 3.05) is 22.9 Å². The fourth-order valence-corrected chi connectivity index (χ4v) is 2.51. The highest BCUT2D eigenvalue weighted by atomic mass is 32.2. The molecule has 1 saturated heterocycles. The van der Waals surface area contributed by atoms with Crippen molar-refractivity contribution >= 4 is 34.7 Å². The predicted octanol–water partition coefficient (Wildman–Crippen LogP) is 0.0299. The second-order valence-corrected chi connectivity index (χ2v) is 5.47. The molecule has 1 unspecified atom stereocenters. The molecule has 1 aromatic rings. The highest BCUT2D eigenvalue weighted by molar-refractivity contribution is 8.13. The standard InChI is InChI=1S/C10H15N5O2S/c1-6(16)18-5-7-3-8(17)15(4-7)10-12-9(11)14(2)13-10/h7H,3-5H2,1-2H3,(H2,11,12,13). The van der Waals surface area contributed by atoms with Crippen LogP contribution in [0.15, 0.2) is 0 Å². The summed E-state index contributed by atoms with van der Waals surface area (Å²) in [6, 6.07) is 0. The molecule has 18 heavy (non-hydrogen) atoms. The van der Waals surface area contributed by atoms with E-state index in [0.717, 1.165) is 0 Å². The van der Waals surface area contributed by atoms with Crippen LogP contribution in [-0.2, 0) is 16.6 Å². The molecule has 0 spiro atoms. The summed E-state index contributed by atoms with van der Waals surface area (Å²) in [4.78, 5) is 28.3. The topological polar surface area (TPSA) is 94.1 Å². The van der Waals surface area contributed by atoms with Crippen molar-refractivity contribution in [3.63, 3.8) is 0 Å². The van der Waals surface area contributed by atoms with Gasteiger partial charge in [-0.2, -0.15) is 4.98 Å². The maximum atomic E-state index is 11.9. The molecule has 1 fully saturated rings. The van der Waals surface area contributed by atoms with Crippen molar-refractivity contribution in [1.82, 2.24) is 14.8 Å². The number of thioether (sulfide) groups is 1. The first kappa shape index (κ1) is 12.9. The number of nitrogens with two attached hydrogens (primary N) is 1. The number of hydrogen-bond acceptors (Lipinski definition) is 6. The number of nitrogens with zero attached hydrogens (tertiary/aromatic N) is 4. The van der Waals surface area contributed by atoms with Gasteiger partial charge >= 0.3 is 0 Å². The minimum absolute atomic E-state index is 0.0187. The Kier molecular flexibility index (Phi) is 3.55. The van der Waals surface area contributed by atoms with Crippen LogP contribution in [0.3, 0.4) is 0 Å². The first-order valence-electron chi connectivity index (χ1n) is 5.57. The highest BCUT2D eigenvalue weighted by Crippen LogP contribution is 2.25. The van der Waals surface area contributed by atoms with Gasteiger partial charge in [-0.25, -0.2) is 4.68 Å². The van der Waals surface area contributed by atoms with E-state index in [1.165, 1.54) is 28.3 Å². The Morgan fingerprint density at radius 1 is 1.61 bits per heavy atom. The van der Waals surface area contributed by atoms with Gasteiger partial charge in [-0.15, -0.1) is 5.10 Å². The smallest absolute Gasteiger partial charge is 0.253 e. The number of rotatable bonds is 3. The zero-order valence-electron chi connectivity index (χ0n) is 10.3. The third kappa shape index (κ3) is 2.63. The zero-order valence-corrected chi connectivity index (χ0v) is 11.1. The third-order valence-corrected chi connectivity index (χ3v) is 3.80. The van der Waals surface area contributed by atoms with Gasteiger partial charge in [-0.1, -0.05) is 11.8 Å². The molecule has 1 atom stereocenters. The van der Waals surface area contributed by atoms with Crippen LogP contribution < -0.4 is 10.6 Å². The lowest BCUT2D eigenvalue weighted by molar-refractivity contribution is -0.117. The molecule has 1 aliphatic rings. The number of aromatic nitrogens is 3. The fourth-order valence-electron chi connectivity index (χ4n) is 1.82. The van der Waals surface area contributed by atoms with E-state index in [0.29, 0.717) is 24.7 Å². The van der Waals surface area contributed by atoms with E-state index in [-0.39, 0.29) is 22.9 Å². The molecule has 0 bridgehead atoms. The molecule has 98 valence electrons. The molecule has 1 amide bonds. The Morgan fingerprint density at radius 3 is 2.89 bits per heavy atom. The molecule has 2 N–H and O–H groups in total. The predicted molar refractivity (Wildman–Crippen MR) is 69.0 cm³/mol. The van der Waals surface area contributed by atoms with Crippen LogP contribution in [0.4, 0.5) is 11.9 Å². The summed E-state index contributed by atoms with van der Waals surface area (Å²) < 4.78 is 1.43. The molecule has 1 aliphatic heterocycles. The van der Waals surface area contributed by atoms with E-state index in [2.05, 4.69) is 10.1 Å². The second kappa shape index (κ2) is 4.97. The second-order valence-electron chi connectivity index (χ2n) is 4.27. The van der Waals surface area contributed by atoms with Gasteiger partial charge in [-0.3, -0.25) is 14.5 Å². The van der Waals surface area contributed by atoms with E-state index in [1.54, 1.807) is 7.05 Å². The summed E-state index contributed by atoms with van der Waals surface area (Å²) in [7, 11) is 1.68. The number of amides is 1. The molecular weight excluding hydrogens is 254 g/mol. The molecule has 0 aromatic carbocycles. The molecular formula is C10H15N5O2S. The number of hydrogen-bond donors (Lipinski definition) is 1. The monoisotopic (exact) mass is 269 g/mol. The number of carbonyl (C=O) groups excluding carboxylic acids is 2. The highest BCUT2D eigenvalue weighted by Gasteiger charge is 2.33. The van der Waals surface area contributed by atoms with Crippen molar-refractivity contribution in [3.8, 4) is 0 Å². The van der Waals surface area contributed by atoms with Gasteiger partial charge in [0.15, 0.2) is 5.12 Å². The lowest BCUT2D eigenvalue weighted by Crippen LogP contribution is -2.26. The quantitative estimate of drug-likeness (QED) is 0.832. The summed E-state index contributed by atoms with van der Waals surface area (Å²) in [5.41, 5.74) is 5.59. The van der Waals surface area contributed by atoms with Crippen LogP contribution in [0.5, 0.6) is 0 Å². The van der Waals surface area contributed by atoms with Crippen LogP contribution in [0.2, 0.25) is 0 Å². The van der Waals surface area contributed by atoms with Gasteiger partial charge in [-0.05, 0) is 5.92 Å². The Hall–Kier alpha value is -1.57. The van der Waals surface area contributed by atoms with Crippen LogP contribution in [0.25, 0.3) is 0 Å². The van der Waals surface area contributed by atoms with Gasteiger partial charge in [0.2, 0.25) is 11.9 Å². The van der Waals surface area contributed by atoms with Crippen LogP contribution in [0.1, 0.15) is 13.3 Å². The van der Waals surface area contributed by atoms with Crippen molar-refractivity contribution in [1.29, 1.82) is 0 Å². The van der Waals surface area contributed by atoms with E-state index in [9.17, 15) is 9.59 Å². The van der Waals surface area contributed by atoms with Crippen molar-refractivity contribution in [3.05, 3.63) is 0 Å². The number of anilines is 2. The average molecular weight is 269 g/mol. The fraction of sp³-hybridized carbons (Fsp3) is 0.600. The van der Waals surface area contributed by atoms with Crippen LogP contribution in [-0.4, -0.2) is 38.1 Å². The zero-order chi connectivity index (χ0) is 13.3. The molecule has 2 rings (SSSR count). The molecule has 1 aromatic heterocycles. The van der Waals surface area contributed by atoms with Crippen molar-refractivity contribution < 1.29 is 9.59 Å². The molecule has 2 heterocycles. The Bertz CT molecular complexity index is 467. The summed E-state index contributed by atoms with van der Waals surface area (Å²) in [5.74, 6) is 1.42. The average Bonchev–Trinajstić information content (AvgIpc) is 2.80. The Morgan fingerprint density at radius 2 is 2.33 bits per heavy atom.